The average Bonchev–Trinajstić information content (AvgIpc) is 2.72. The minimum atomic E-state index is -0.831. The van der Waals surface area contributed by atoms with Crippen molar-refractivity contribution < 1.29 is 18.9 Å². The highest BCUT2D eigenvalue weighted by atomic mass is 32.2. The smallest absolute Gasteiger partial charge is 0.315 e. The lowest BCUT2D eigenvalue weighted by molar-refractivity contribution is -0.141. The molecule has 6 nitrogen and oxygen atoms in total. The average molecular weight is 276 g/mol. The molecule has 104 valence electrons. The number of rotatable bonds is 6. The van der Waals surface area contributed by atoms with Crippen LogP contribution in [0.3, 0.4) is 0 Å². The molecule has 1 aliphatic carbocycles. The molecule has 1 saturated carbocycles. The first kappa shape index (κ1) is 14.9. The second-order valence-electron chi connectivity index (χ2n) is 4.58. The van der Waals surface area contributed by atoms with Crippen molar-refractivity contribution in [3.63, 3.8) is 0 Å². The van der Waals surface area contributed by atoms with Gasteiger partial charge in [0, 0.05) is 35.4 Å². The summed E-state index contributed by atoms with van der Waals surface area (Å²) in [4.78, 5) is 22.2. The predicted octanol–water partition coefficient (Wildman–Crippen LogP) is 0.308. The zero-order chi connectivity index (χ0) is 13.5. The van der Waals surface area contributed by atoms with E-state index in [4.69, 9.17) is 5.11 Å². The number of urea groups is 1. The summed E-state index contributed by atoms with van der Waals surface area (Å²) in [6.45, 7) is 0.487. The van der Waals surface area contributed by atoms with Crippen molar-refractivity contribution in [2.45, 2.75) is 31.7 Å². The van der Waals surface area contributed by atoms with Gasteiger partial charge >= 0.3 is 12.0 Å². The Morgan fingerprint density at radius 1 is 1.39 bits per heavy atom. The molecule has 0 radical (unpaired) electrons. The third-order valence-corrected chi connectivity index (χ3v) is 3.87. The normalized spacial score (nSPS) is 24.5. The molecule has 3 unspecified atom stereocenters. The first-order chi connectivity index (χ1) is 8.49. The summed E-state index contributed by atoms with van der Waals surface area (Å²) in [7, 11) is -0.831. The second kappa shape index (κ2) is 7.35. The Balaban J connectivity index is 2.13. The van der Waals surface area contributed by atoms with E-state index in [1.807, 2.05) is 0 Å². The molecule has 0 aromatic carbocycles. The van der Waals surface area contributed by atoms with Gasteiger partial charge in [0.1, 0.15) is 0 Å². The van der Waals surface area contributed by atoms with Crippen LogP contribution in [0.4, 0.5) is 4.79 Å². The molecule has 1 aliphatic rings. The predicted molar refractivity (Wildman–Crippen MR) is 68.8 cm³/mol. The lowest BCUT2D eigenvalue weighted by atomic mass is 10.1. The van der Waals surface area contributed by atoms with Gasteiger partial charge in [0.25, 0.3) is 0 Å². The second-order valence-corrected chi connectivity index (χ2v) is 6.13. The van der Waals surface area contributed by atoms with Crippen molar-refractivity contribution in [1.82, 2.24) is 10.6 Å². The van der Waals surface area contributed by atoms with Crippen molar-refractivity contribution in [2.75, 3.05) is 18.6 Å². The summed E-state index contributed by atoms with van der Waals surface area (Å²) in [5, 5.41) is 14.3. The molecule has 0 heterocycles. The number of carboxylic acids is 1. The molecular weight excluding hydrogens is 256 g/mol. The van der Waals surface area contributed by atoms with Crippen LogP contribution in [0.2, 0.25) is 0 Å². The molecule has 3 atom stereocenters. The zero-order valence-electron chi connectivity index (χ0n) is 10.5. The molecule has 0 aliphatic heterocycles. The fourth-order valence-corrected chi connectivity index (χ4v) is 2.60. The van der Waals surface area contributed by atoms with Gasteiger partial charge in [-0.3, -0.25) is 9.00 Å². The van der Waals surface area contributed by atoms with Crippen LogP contribution in [0.1, 0.15) is 25.7 Å². The molecule has 2 amide bonds. The lowest BCUT2D eigenvalue weighted by Gasteiger charge is -2.13. The molecule has 1 fully saturated rings. The Hall–Kier alpha value is -1.11. The van der Waals surface area contributed by atoms with Gasteiger partial charge in [-0.25, -0.2) is 4.79 Å². The Labute approximate surface area is 109 Å². The van der Waals surface area contributed by atoms with Gasteiger partial charge < -0.3 is 15.7 Å². The molecule has 1 rings (SSSR count). The largest absolute Gasteiger partial charge is 0.481 e. The molecular formula is C11H20N2O4S. The van der Waals surface area contributed by atoms with E-state index in [1.165, 1.54) is 0 Å². The van der Waals surface area contributed by atoms with Crippen LogP contribution in [0.15, 0.2) is 0 Å². The minimum Gasteiger partial charge on any atom is -0.481 e. The Bertz CT molecular complexity index is 335. The molecule has 0 saturated heterocycles. The quantitative estimate of drug-likeness (QED) is 0.608. The maximum atomic E-state index is 11.5. The molecule has 18 heavy (non-hydrogen) atoms. The van der Waals surface area contributed by atoms with E-state index in [2.05, 4.69) is 10.6 Å². The number of carbonyl (C=O) groups is 2. The molecule has 7 heteroatoms. The summed E-state index contributed by atoms with van der Waals surface area (Å²) < 4.78 is 10.8. The van der Waals surface area contributed by atoms with Crippen LogP contribution in [0.25, 0.3) is 0 Å². The van der Waals surface area contributed by atoms with E-state index in [0.29, 0.717) is 38.0 Å². The third kappa shape index (κ3) is 5.48. The van der Waals surface area contributed by atoms with E-state index in [0.717, 1.165) is 0 Å². The number of hydrogen-bond acceptors (Lipinski definition) is 3. The monoisotopic (exact) mass is 276 g/mol. The Kier molecular flexibility index (Phi) is 6.11. The number of hydrogen-bond donors (Lipinski definition) is 3. The molecule has 0 bridgehead atoms. The van der Waals surface area contributed by atoms with E-state index < -0.39 is 16.8 Å². The van der Waals surface area contributed by atoms with Gasteiger partial charge in [-0.05, 0) is 25.7 Å². The first-order valence-corrected chi connectivity index (χ1v) is 7.79. The number of carboxylic acid groups (broad SMARTS) is 1. The summed E-state index contributed by atoms with van der Waals surface area (Å²) in [6, 6.07) is -0.320. The molecule has 0 aromatic rings. The minimum absolute atomic E-state index is 0.0496. The van der Waals surface area contributed by atoms with Gasteiger partial charge in [-0.1, -0.05) is 0 Å². The van der Waals surface area contributed by atoms with Crippen LogP contribution < -0.4 is 10.6 Å². The third-order valence-electron chi connectivity index (χ3n) is 3.01. The standard InChI is InChI=1S/C11H20N2O4S/c1-18(17)6-2-5-12-11(16)13-9-4-3-8(7-9)10(14)15/h8-9H,2-7H2,1H3,(H,14,15)(H2,12,13,16). The summed E-state index contributed by atoms with van der Waals surface area (Å²) in [5.74, 6) is -0.548. The first-order valence-electron chi connectivity index (χ1n) is 6.06. The van der Waals surface area contributed by atoms with Gasteiger partial charge in [0.15, 0.2) is 0 Å². The van der Waals surface area contributed by atoms with Gasteiger partial charge in [-0.2, -0.15) is 0 Å². The van der Waals surface area contributed by atoms with Crippen molar-refractivity contribution in [2.24, 2.45) is 5.92 Å². The van der Waals surface area contributed by atoms with Gasteiger partial charge in [-0.15, -0.1) is 0 Å². The van der Waals surface area contributed by atoms with Crippen LogP contribution in [-0.2, 0) is 15.6 Å². The highest BCUT2D eigenvalue weighted by Crippen LogP contribution is 2.25. The maximum Gasteiger partial charge on any atom is 0.315 e. The fourth-order valence-electron chi connectivity index (χ4n) is 2.05. The topological polar surface area (TPSA) is 95.5 Å². The fraction of sp³-hybridized carbons (Fsp3) is 0.818. The van der Waals surface area contributed by atoms with Gasteiger partial charge in [0.2, 0.25) is 0 Å². The Morgan fingerprint density at radius 3 is 2.67 bits per heavy atom. The van der Waals surface area contributed by atoms with E-state index in [1.54, 1.807) is 6.26 Å². The highest BCUT2D eigenvalue weighted by molar-refractivity contribution is 7.84. The Morgan fingerprint density at radius 2 is 2.11 bits per heavy atom. The van der Waals surface area contributed by atoms with E-state index in [9.17, 15) is 13.8 Å². The van der Waals surface area contributed by atoms with E-state index >= 15 is 0 Å². The summed E-state index contributed by atoms with van der Waals surface area (Å²) in [5.41, 5.74) is 0. The molecule has 0 spiro atoms. The lowest BCUT2D eigenvalue weighted by Crippen LogP contribution is -2.41. The van der Waals surface area contributed by atoms with Crippen molar-refractivity contribution in [3.05, 3.63) is 0 Å². The summed E-state index contributed by atoms with van der Waals surface area (Å²) >= 11 is 0. The maximum absolute atomic E-state index is 11.5. The number of carbonyl (C=O) groups excluding carboxylic acids is 1. The zero-order valence-corrected chi connectivity index (χ0v) is 11.3. The number of amides is 2. The number of aliphatic carboxylic acids is 1. The van der Waals surface area contributed by atoms with Crippen LogP contribution in [-0.4, -0.2) is 45.9 Å². The van der Waals surface area contributed by atoms with Crippen LogP contribution >= 0.6 is 0 Å². The van der Waals surface area contributed by atoms with Gasteiger partial charge in [0.05, 0.1) is 5.92 Å². The van der Waals surface area contributed by atoms with Crippen molar-refractivity contribution in [1.29, 1.82) is 0 Å². The van der Waals surface area contributed by atoms with Crippen LogP contribution in [0.5, 0.6) is 0 Å². The molecule has 3 N–H and O–H groups in total. The van der Waals surface area contributed by atoms with E-state index in [-0.39, 0.29) is 18.0 Å². The number of nitrogens with one attached hydrogen (secondary N) is 2. The summed E-state index contributed by atoms with van der Waals surface area (Å²) in [6.07, 6.45) is 4.14. The van der Waals surface area contributed by atoms with Crippen molar-refractivity contribution in [3.8, 4) is 0 Å². The van der Waals surface area contributed by atoms with Crippen LogP contribution in [0, 0.1) is 5.92 Å². The molecule has 0 aromatic heterocycles. The SMILES string of the molecule is CS(=O)CCCNC(=O)NC1CCC(C(=O)O)C1. The highest BCUT2D eigenvalue weighted by Gasteiger charge is 2.30. The van der Waals surface area contributed by atoms with Crippen molar-refractivity contribution >= 4 is 22.8 Å².